The van der Waals surface area contributed by atoms with Crippen LogP contribution in [0.1, 0.15) is 37.0 Å². The third kappa shape index (κ3) is 2.00. The van der Waals surface area contributed by atoms with Crippen LogP contribution >= 0.6 is 0 Å². The SMILES string of the molecule is CCCC(O)c1ccc2c(c1)CCN2C. The number of rotatable bonds is 3. The van der Waals surface area contributed by atoms with E-state index in [2.05, 4.69) is 37.1 Å². The van der Waals surface area contributed by atoms with E-state index in [1.807, 2.05) is 0 Å². The molecule has 1 aromatic rings. The predicted molar refractivity (Wildman–Crippen MR) is 63.3 cm³/mol. The van der Waals surface area contributed by atoms with Gasteiger partial charge in [-0.25, -0.2) is 0 Å². The molecule has 2 rings (SSSR count). The zero-order valence-corrected chi connectivity index (χ0v) is 9.53. The average molecular weight is 205 g/mol. The highest BCUT2D eigenvalue weighted by molar-refractivity contribution is 5.58. The fourth-order valence-corrected chi connectivity index (χ4v) is 2.23. The quantitative estimate of drug-likeness (QED) is 0.819. The summed E-state index contributed by atoms with van der Waals surface area (Å²) in [4.78, 5) is 2.27. The Hall–Kier alpha value is -1.02. The van der Waals surface area contributed by atoms with Gasteiger partial charge in [-0.2, -0.15) is 0 Å². The van der Waals surface area contributed by atoms with Crippen molar-refractivity contribution in [2.45, 2.75) is 32.3 Å². The highest BCUT2D eigenvalue weighted by Gasteiger charge is 2.17. The van der Waals surface area contributed by atoms with Crippen LogP contribution in [0.3, 0.4) is 0 Å². The van der Waals surface area contributed by atoms with Crippen molar-refractivity contribution in [3.63, 3.8) is 0 Å². The van der Waals surface area contributed by atoms with E-state index in [0.29, 0.717) is 0 Å². The van der Waals surface area contributed by atoms with Gasteiger partial charge < -0.3 is 10.0 Å². The minimum Gasteiger partial charge on any atom is -0.388 e. The second-order valence-corrected chi connectivity index (χ2v) is 4.36. The average Bonchev–Trinajstić information content (AvgIpc) is 2.60. The number of hydrogen-bond acceptors (Lipinski definition) is 2. The van der Waals surface area contributed by atoms with Crippen molar-refractivity contribution in [1.82, 2.24) is 0 Å². The van der Waals surface area contributed by atoms with E-state index in [-0.39, 0.29) is 6.10 Å². The summed E-state index contributed by atoms with van der Waals surface area (Å²) in [6, 6.07) is 6.36. The molecule has 0 spiro atoms. The molecular weight excluding hydrogens is 186 g/mol. The van der Waals surface area contributed by atoms with Gasteiger partial charge in [0.25, 0.3) is 0 Å². The van der Waals surface area contributed by atoms with E-state index < -0.39 is 0 Å². The van der Waals surface area contributed by atoms with Crippen LogP contribution in [0, 0.1) is 0 Å². The number of fused-ring (bicyclic) bond motifs is 1. The number of anilines is 1. The molecule has 1 aliphatic heterocycles. The van der Waals surface area contributed by atoms with Gasteiger partial charge in [-0.15, -0.1) is 0 Å². The van der Waals surface area contributed by atoms with E-state index in [1.54, 1.807) is 0 Å². The van der Waals surface area contributed by atoms with Crippen molar-refractivity contribution in [3.8, 4) is 0 Å². The van der Waals surface area contributed by atoms with Crippen LogP contribution in [0.5, 0.6) is 0 Å². The first-order valence-corrected chi connectivity index (χ1v) is 5.74. The van der Waals surface area contributed by atoms with Crippen molar-refractivity contribution >= 4 is 5.69 Å². The van der Waals surface area contributed by atoms with Crippen LogP contribution in [0.2, 0.25) is 0 Å². The van der Waals surface area contributed by atoms with E-state index >= 15 is 0 Å². The van der Waals surface area contributed by atoms with Crippen LogP contribution in [-0.4, -0.2) is 18.7 Å². The standard InChI is InChI=1S/C13H19NO/c1-3-4-13(15)11-5-6-12-10(9-11)7-8-14(12)2/h5-6,9,13,15H,3-4,7-8H2,1-2H3. The highest BCUT2D eigenvalue weighted by Crippen LogP contribution is 2.30. The van der Waals surface area contributed by atoms with Crippen molar-refractivity contribution in [2.75, 3.05) is 18.5 Å². The lowest BCUT2D eigenvalue weighted by molar-refractivity contribution is 0.166. The number of hydrogen-bond donors (Lipinski definition) is 1. The van der Waals surface area contributed by atoms with Crippen LogP contribution < -0.4 is 4.90 Å². The summed E-state index contributed by atoms with van der Waals surface area (Å²) in [7, 11) is 2.12. The molecule has 1 atom stereocenters. The fourth-order valence-electron chi connectivity index (χ4n) is 2.23. The van der Waals surface area contributed by atoms with E-state index in [9.17, 15) is 5.11 Å². The fraction of sp³-hybridized carbons (Fsp3) is 0.538. The third-order valence-electron chi connectivity index (χ3n) is 3.18. The minimum absolute atomic E-state index is 0.286. The van der Waals surface area contributed by atoms with Gasteiger partial charge in [0.15, 0.2) is 0 Å². The zero-order valence-electron chi connectivity index (χ0n) is 9.53. The Morgan fingerprint density at radius 3 is 3.00 bits per heavy atom. The Balaban J connectivity index is 2.23. The molecule has 82 valence electrons. The van der Waals surface area contributed by atoms with Crippen molar-refractivity contribution in [3.05, 3.63) is 29.3 Å². The maximum absolute atomic E-state index is 9.90. The summed E-state index contributed by atoms with van der Waals surface area (Å²) >= 11 is 0. The van der Waals surface area contributed by atoms with Crippen molar-refractivity contribution in [2.24, 2.45) is 0 Å². The topological polar surface area (TPSA) is 23.5 Å². The Kier molecular flexibility index (Phi) is 2.96. The van der Waals surface area contributed by atoms with Crippen LogP contribution in [0.25, 0.3) is 0 Å². The monoisotopic (exact) mass is 205 g/mol. The van der Waals surface area contributed by atoms with Gasteiger partial charge in [-0.05, 0) is 30.0 Å². The molecule has 1 N–H and O–H groups in total. The second-order valence-electron chi connectivity index (χ2n) is 4.36. The van der Waals surface area contributed by atoms with Crippen LogP contribution in [0.4, 0.5) is 5.69 Å². The summed E-state index contributed by atoms with van der Waals surface area (Å²) in [6.07, 6.45) is 2.71. The molecule has 1 aromatic carbocycles. The Morgan fingerprint density at radius 1 is 1.47 bits per heavy atom. The molecule has 0 bridgehead atoms. The molecule has 2 nitrogen and oxygen atoms in total. The number of nitrogens with zero attached hydrogens (tertiary/aromatic N) is 1. The van der Waals surface area contributed by atoms with Gasteiger partial charge in [0.2, 0.25) is 0 Å². The molecular formula is C13H19NO. The van der Waals surface area contributed by atoms with Crippen molar-refractivity contribution in [1.29, 1.82) is 0 Å². The Labute approximate surface area is 91.5 Å². The molecule has 2 heteroatoms. The molecule has 1 aliphatic rings. The number of likely N-dealkylation sites (N-methyl/N-ethyl adjacent to an activating group) is 1. The van der Waals surface area contributed by atoms with Crippen LogP contribution in [-0.2, 0) is 6.42 Å². The molecule has 15 heavy (non-hydrogen) atoms. The summed E-state index contributed by atoms with van der Waals surface area (Å²) in [5.41, 5.74) is 3.78. The van der Waals surface area contributed by atoms with Gasteiger partial charge in [-0.1, -0.05) is 25.5 Å². The molecule has 0 aromatic heterocycles. The lowest BCUT2D eigenvalue weighted by Gasteiger charge is -2.14. The van der Waals surface area contributed by atoms with Gasteiger partial charge >= 0.3 is 0 Å². The lowest BCUT2D eigenvalue weighted by atomic mass is 10.0. The highest BCUT2D eigenvalue weighted by atomic mass is 16.3. The zero-order chi connectivity index (χ0) is 10.8. The molecule has 0 aliphatic carbocycles. The second kappa shape index (κ2) is 4.23. The number of aliphatic hydroxyl groups is 1. The Morgan fingerprint density at radius 2 is 2.27 bits per heavy atom. The molecule has 0 fully saturated rings. The van der Waals surface area contributed by atoms with Gasteiger partial charge in [0.05, 0.1) is 6.10 Å². The maximum Gasteiger partial charge on any atom is 0.0790 e. The molecule has 0 radical (unpaired) electrons. The molecule has 0 saturated heterocycles. The molecule has 0 saturated carbocycles. The molecule has 1 heterocycles. The molecule has 0 amide bonds. The van der Waals surface area contributed by atoms with Gasteiger partial charge in [0.1, 0.15) is 0 Å². The van der Waals surface area contributed by atoms with Gasteiger partial charge in [0, 0.05) is 19.3 Å². The van der Waals surface area contributed by atoms with E-state index in [0.717, 1.165) is 31.4 Å². The van der Waals surface area contributed by atoms with E-state index in [1.165, 1.54) is 11.3 Å². The summed E-state index contributed by atoms with van der Waals surface area (Å²) in [6.45, 7) is 3.20. The summed E-state index contributed by atoms with van der Waals surface area (Å²) in [5.74, 6) is 0. The maximum atomic E-state index is 9.90. The number of aliphatic hydroxyl groups excluding tert-OH is 1. The predicted octanol–water partition coefficient (Wildman–Crippen LogP) is 2.51. The lowest BCUT2D eigenvalue weighted by Crippen LogP contribution is -2.12. The molecule has 1 unspecified atom stereocenters. The van der Waals surface area contributed by atoms with Gasteiger partial charge in [-0.3, -0.25) is 0 Å². The normalized spacial score (nSPS) is 16.6. The minimum atomic E-state index is -0.286. The first-order valence-electron chi connectivity index (χ1n) is 5.74. The number of benzene rings is 1. The first kappa shape index (κ1) is 10.5. The van der Waals surface area contributed by atoms with E-state index in [4.69, 9.17) is 0 Å². The summed E-state index contributed by atoms with van der Waals surface area (Å²) in [5, 5.41) is 9.90. The smallest absolute Gasteiger partial charge is 0.0790 e. The Bertz CT molecular complexity index is 348. The summed E-state index contributed by atoms with van der Waals surface area (Å²) < 4.78 is 0. The third-order valence-corrected chi connectivity index (χ3v) is 3.18. The van der Waals surface area contributed by atoms with Crippen molar-refractivity contribution < 1.29 is 5.11 Å². The largest absolute Gasteiger partial charge is 0.388 e. The first-order chi connectivity index (χ1) is 7.22. The van der Waals surface area contributed by atoms with Crippen LogP contribution in [0.15, 0.2) is 18.2 Å².